The quantitative estimate of drug-likeness (QED) is 0.0246. The number of carboxylic acids is 1. The van der Waals surface area contributed by atoms with Gasteiger partial charge >= 0.3 is 5.97 Å². The lowest BCUT2D eigenvalue weighted by atomic mass is 10.0. The Morgan fingerprint density at radius 3 is 1.37 bits per heavy atom. The number of nitrogens with two attached hydrogens (primary N) is 1. The number of carbonyl (C=O) groups excluding carboxylic acids is 8. The molecule has 5 aromatic rings. The number of thioether (sulfide) groups is 1. The number of amides is 8. The Bertz CT molecular complexity index is 2880. The van der Waals surface area contributed by atoms with E-state index in [0.29, 0.717) is 27.8 Å². The summed E-state index contributed by atoms with van der Waals surface area (Å²) >= 11 is 1.33. The molecule has 0 aliphatic heterocycles. The number of para-hydroxylation sites is 2. The third kappa shape index (κ3) is 17.1. The van der Waals surface area contributed by atoms with Crippen LogP contribution < -0.4 is 48.3 Å². The smallest absolute Gasteiger partial charge is 0.326 e. The number of aromatic nitrogens is 2. The van der Waals surface area contributed by atoms with Crippen LogP contribution in [-0.4, -0.2) is 170 Å². The number of rotatable bonds is 30. The molecule has 16 N–H and O–H groups in total. The number of benzene rings is 3. The number of aromatic amines is 2. The van der Waals surface area contributed by atoms with Gasteiger partial charge in [0.1, 0.15) is 48.3 Å². The summed E-state index contributed by atoms with van der Waals surface area (Å²) in [4.78, 5) is 128. The van der Waals surface area contributed by atoms with Crippen LogP contribution in [0.1, 0.15) is 43.9 Å². The van der Waals surface area contributed by atoms with Gasteiger partial charge in [-0.3, -0.25) is 38.4 Å². The Morgan fingerprint density at radius 2 is 0.897 bits per heavy atom. The molecule has 2 heterocycles. The molecule has 24 nitrogen and oxygen atoms in total. The van der Waals surface area contributed by atoms with Crippen LogP contribution in [-0.2, 0) is 62.4 Å². The van der Waals surface area contributed by atoms with Gasteiger partial charge < -0.3 is 78.7 Å². The highest BCUT2D eigenvalue weighted by atomic mass is 32.2. The molecular weight excluding hydrogens is 1030 g/mol. The fraction of sp³-hybridized carbons (Fsp3) is 0.415. The molecular formula is C53H69N11O13S. The van der Waals surface area contributed by atoms with Crippen molar-refractivity contribution in [3.8, 4) is 0 Å². The Hall–Kier alpha value is -7.84. The second-order valence-electron chi connectivity index (χ2n) is 18.9. The minimum Gasteiger partial charge on any atom is -0.480 e. The van der Waals surface area contributed by atoms with E-state index in [-0.39, 0.29) is 25.7 Å². The number of carboxylic acid groups (broad SMARTS) is 1. The average molecular weight is 1100 g/mol. The number of carbonyl (C=O) groups is 9. The first-order chi connectivity index (χ1) is 37.3. The molecule has 0 aliphatic rings. The zero-order valence-electron chi connectivity index (χ0n) is 43.5. The zero-order valence-corrected chi connectivity index (χ0v) is 44.4. The van der Waals surface area contributed by atoms with Gasteiger partial charge in [-0.1, -0.05) is 80.6 Å². The van der Waals surface area contributed by atoms with E-state index in [2.05, 4.69) is 52.5 Å². The first kappa shape index (κ1) is 61.0. The van der Waals surface area contributed by atoms with Crippen LogP contribution in [0, 0.1) is 5.92 Å². The third-order valence-electron chi connectivity index (χ3n) is 12.8. The van der Waals surface area contributed by atoms with E-state index in [9.17, 15) is 63.6 Å². The van der Waals surface area contributed by atoms with Crippen molar-refractivity contribution in [3.63, 3.8) is 0 Å². The van der Waals surface area contributed by atoms with Crippen molar-refractivity contribution < 1.29 is 63.6 Å². The SMILES string of the molecule is CSCC[C@H](NC(=O)[C@H](Cc1c[nH]c2ccccc12)NC(=O)[C@H](C)NC(=O)[C@H](CO)NC(=O)[C@H](CO)NC(=O)[C@@H](N)Cc1ccccc1)C(=O)N[C@@H](CO)C(=O)N[C@@H](Cc1c[nH]c2ccccc12)C(=O)N[C@H](C(=O)O)C(C)C. The van der Waals surface area contributed by atoms with E-state index in [1.165, 1.54) is 18.7 Å². The molecule has 0 fully saturated rings. The maximum Gasteiger partial charge on any atom is 0.326 e. The van der Waals surface area contributed by atoms with Crippen molar-refractivity contribution in [1.29, 1.82) is 0 Å². The van der Waals surface area contributed by atoms with Crippen molar-refractivity contribution in [2.24, 2.45) is 11.7 Å². The van der Waals surface area contributed by atoms with Crippen LogP contribution in [0.4, 0.5) is 0 Å². The van der Waals surface area contributed by atoms with Gasteiger partial charge in [0.15, 0.2) is 0 Å². The van der Waals surface area contributed by atoms with E-state index >= 15 is 0 Å². The standard InChI is InChI=1S/C53H69N11O13S/c1-28(2)44(53(76)77)64-49(72)40(22-32-24-56-37-17-11-9-15-34(32)37)60-51(74)43(27-67)62-47(70)38(18-19-78-4)58-48(71)39(21-31-23-55-36-16-10-8-14-33(31)36)59-45(68)29(3)57-50(73)41(25-65)63-52(75)42(26-66)61-46(69)35(54)20-30-12-6-5-7-13-30/h5-17,23-24,28-29,35,38-44,55-56,65-67H,18-22,25-27,54H2,1-4H3,(H,57,73)(H,58,71)(H,59,68)(H,60,74)(H,61,69)(H,62,70)(H,63,75)(H,64,72)(H,76,77)/t29-,35-,38-,39-,40-,41-,42-,43-,44-/m0/s1. The lowest BCUT2D eigenvalue weighted by molar-refractivity contribution is -0.143. The highest BCUT2D eigenvalue weighted by molar-refractivity contribution is 7.98. The zero-order chi connectivity index (χ0) is 57.1. The Morgan fingerprint density at radius 1 is 0.500 bits per heavy atom. The summed E-state index contributed by atoms with van der Waals surface area (Å²) in [5.41, 5.74) is 9.40. The van der Waals surface area contributed by atoms with E-state index in [1.54, 1.807) is 105 Å². The van der Waals surface area contributed by atoms with Crippen LogP contribution >= 0.6 is 11.8 Å². The Labute approximate surface area is 453 Å². The molecule has 0 radical (unpaired) electrons. The van der Waals surface area contributed by atoms with E-state index in [1.807, 2.05) is 6.07 Å². The van der Waals surface area contributed by atoms with Gasteiger partial charge in [0.25, 0.3) is 0 Å². The van der Waals surface area contributed by atoms with Crippen molar-refractivity contribution in [2.45, 2.75) is 101 Å². The van der Waals surface area contributed by atoms with Crippen molar-refractivity contribution in [2.75, 3.05) is 31.8 Å². The lowest BCUT2D eigenvalue weighted by Crippen LogP contribution is -2.61. The second kappa shape index (κ2) is 29.6. The van der Waals surface area contributed by atoms with Gasteiger partial charge in [0.05, 0.1) is 25.9 Å². The molecule has 5 rings (SSSR count). The first-order valence-electron chi connectivity index (χ1n) is 25.2. The summed E-state index contributed by atoms with van der Waals surface area (Å²) in [5.74, 6) is -8.91. The number of fused-ring (bicyclic) bond motifs is 2. The molecule has 0 aliphatic carbocycles. The molecule has 0 unspecified atom stereocenters. The lowest BCUT2D eigenvalue weighted by Gasteiger charge is -2.27. The largest absolute Gasteiger partial charge is 0.480 e. The summed E-state index contributed by atoms with van der Waals surface area (Å²) < 4.78 is 0. The summed E-state index contributed by atoms with van der Waals surface area (Å²) in [6.07, 6.45) is 4.87. The fourth-order valence-corrected chi connectivity index (χ4v) is 8.79. The number of hydrogen-bond donors (Lipinski definition) is 15. The highest BCUT2D eigenvalue weighted by Crippen LogP contribution is 2.21. The Balaban J connectivity index is 1.29. The number of H-pyrrole nitrogens is 2. The maximum absolute atomic E-state index is 14.4. The van der Waals surface area contributed by atoms with Crippen LogP contribution in [0.15, 0.2) is 91.3 Å². The number of aliphatic hydroxyl groups excluding tert-OH is 3. The van der Waals surface area contributed by atoms with Crippen molar-refractivity contribution in [1.82, 2.24) is 52.5 Å². The molecule has 9 atom stereocenters. The molecule has 0 bridgehead atoms. The Kier molecular flexibility index (Phi) is 23.2. The molecule has 25 heteroatoms. The van der Waals surface area contributed by atoms with Crippen molar-refractivity contribution >= 4 is 86.8 Å². The molecule has 2 aromatic heterocycles. The first-order valence-corrected chi connectivity index (χ1v) is 26.5. The summed E-state index contributed by atoms with van der Waals surface area (Å²) in [5, 5.41) is 61.5. The van der Waals surface area contributed by atoms with Crippen molar-refractivity contribution in [3.05, 3.63) is 108 Å². The molecule has 420 valence electrons. The van der Waals surface area contributed by atoms with Gasteiger partial charge in [0, 0.05) is 47.0 Å². The third-order valence-corrected chi connectivity index (χ3v) is 13.4. The number of aliphatic hydroxyl groups is 3. The van der Waals surface area contributed by atoms with E-state index in [4.69, 9.17) is 5.73 Å². The fourth-order valence-electron chi connectivity index (χ4n) is 8.32. The van der Waals surface area contributed by atoms with Crippen LogP contribution in [0.3, 0.4) is 0 Å². The van der Waals surface area contributed by atoms with E-state index in [0.717, 1.165) is 16.5 Å². The number of nitrogens with one attached hydrogen (secondary N) is 10. The monoisotopic (exact) mass is 1100 g/mol. The minimum atomic E-state index is -1.68. The van der Waals surface area contributed by atoms with Crippen LogP contribution in [0.2, 0.25) is 0 Å². The molecule has 8 amide bonds. The van der Waals surface area contributed by atoms with Gasteiger partial charge in [-0.2, -0.15) is 11.8 Å². The molecule has 3 aromatic carbocycles. The van der Waals surface area contributed by atoms with E-state index < -0.39 is 133 Å². The highest BCUT2D eigenvalue weighted by Gasteiger charge is 2.35. The van der Waals surface area contributed by atoms with Gasteiger partial charge in [-0.25, -0.2) is 4.79 Å². The summed E-state index contributed by atoms with van der Waals surface area (Å²) in [6.45, 7) is 1.65. The topological polar surface area (TPSA) is 388 Å². The van der Waals surface area contributed by atoms with Crippen LogP contribution in [0.25, 0.3) is 21.8 Å². The second-order valence-corrected chi connectivity index (χ2v) is 19.9. The number of hydrogen-bond acceptors (Lipinski definition) is 14. The van der Waals surface area contributed by atoms with Crippen LogP contribution in [0.5, 0.6) is 0 Å². The maximum atomic E-state index is 14.4. The molecule has 0 saturated carbocycles. The minimum absolute atomic E-state index is 0.00826. The summed E-state index contributed by atoms with van der Waals surface area (Å²) in [6, 6.07) is 10.2. The molecule has 0 spiro atoms. The van der Waals surface area contributed by atoms with Gasteiger partial charge in [-0.05, 0) is 66.5 Å². The molecule has 78 heavy (non-hydrogen) atoms. The van der Waals surface area contributed by atoms with Gasteiger partial charge in [0.2, 0.25) is 47.3 Å². The number of aliphatic carboxylic acids is 1. The summed E-state index contributed by atoms with van der Waals surface area (Å²) in [7, 11) is 0. The molecule has 0 saturated heterocycles. The predicted octanol–water partition coefficient (Wildman–Crippen LogP) is -1.63. The predicted molar refractivity (Wildman–Crippen MR) is 290 cm³/mol. The van der Waals surface area contributed by atoms with Gasteiger partial charge in [-0.15, -0.1) is 0 Å². The average Bonchev–Trinajstić information content (AvgIpc) is 4.04. The normalized spacial score (nSPS) is 14.8.